The molecular weight excluding hydrogens is 1030 g/mol. The summed E-state index contributed by atoms with van der Waals surface area (Å²) < 4.78 is 464. The molecule has 0 aliphatic rings. The summed E-state index contributed by atoms with van der Waals surface area (Å²) in [5.74, 6) is -135. The summed E-state index contributed by atoms with van der Waals surface area (Å²) in [6.45, 7) is 1.36. The van der Waals surface area contributed by atoms with Crippen LogP contribution >= 0.6 is 23.2 Å². The van der Waals surface area contributed by atoms with Crippen LogP contribution in [0.2, 0.25) is 0 Å². The molecule has 62 heavy (non-hydrogen) atoms. The predicted molar refractivity (Wildman–Crippen MR) is 137 cm³/mol. The normalized spacial score (nSPS) is 17.2. The molecule has 0 bridgehead atoms. The van der Waals surface area contributed by atoms with Crippen molar-refractivity contribution in [1.29, 1.82) is 0 Å². The SMILES string of the molecule is CCCCCCCCC(C(F)(F)C(F)(F)C(F)(F)C(F)(F)C(F)(F)C(F)(F)C(F)(F)C(F)(F)F)C(Cl)(Cl)C(F)(F)C(F)(F)C(F)(F)C(F)(F)C(F)(F)C(F)(F)C(F)(F)C(F)(F)F. The van der Waals surface area contributed by atoms with E-state index in [0.717, 1.165) is 0 Å². The van der Waals surface area contributed by atoms with Gasteiger partial charge in [0, 0.05) is 0 Å². The fourth-order valence-corrected chi connectivity index (χ4v) is 5.44. The second-order valence-electron chi connectivity index (χ2n) is 12.8. The van der Waals surface area contributed by atoms with Crippen LogP contribution in [0.15, 0.2) is 0 Å². The van der Waals surface area contributed by atoms with Gasteiger partial charge in [0.15, 0.2) is 4.33 Å². The molecule has 36 heteroatoms. The quantitative estimate of drug-likeness (QED) is 0.0576. The predicted octanol–water partition coefficient (Wildman–Crippen LogP) is 15.5. The summed E-state index contributed by atoms with van der Waals surface area (Å²) in [5, 5.41) is 0. The first-order valence-corrected chi connectivity index (χ1v) is 16.0. The van der Waals surface area contributed by atoms with Crippen LogP contribution < -0.4 is 0 Å². The number of rotatable bonds is 22. The number of alkyl halides is 36. The Labute approximate surface area is 330 Å². The van der Waals surface area contributed by atoms with Crippen molar-refractivity contribution in [2.75, 3.05) is 0 Å². The minimum Gasteiger partial charge on any atom is -0.199 e. The summed E-state index contributed by atoms with van der Waals surface area (Å²) in [6.07, 6.45) is -23.5. The monoisotopic (exact) mass is 1050 g/mol. The van der Waals surface area contributed by atoms with E-state index in [1.165, 1.54) is 6.92 Å². The van der Waals surface area contributed by atoms with Crippen molar-refractivity contribution in [3.8, 4) is 0 Å². The average Bonchev–Trinajstić information content (AvgIpc) is 3.05. The van der Waals surface area contributed by atoms with Crippen LogP contribution in [0.3, 0.4) is 0 Å². The van der Waals surface area contributed by atoms with Gasteiger partial charge < -0.3 is 0 Å². The molecule has 0 saturated heterocycles. The lowest BCUT2D eigenvalue weighted by Gasteiger charge is -2.49. The molecule has 0 rings (SSSR count). The largest absolute Gasteiger partial charge is 0.460 e. The molecule has 0 aromatic rings. The molecule has 0 radical (unpaired) electrons. The molecule has 0 aromatic carbocycles. The van der Waals surface area contributed by atoms with Gasteiger partial charge in [-0.05, 0) is 6.42 Å². The molecule has 374 valence electrons. The molecule has 0 aliphatic heterocycles. The van der Waals surface area contributed by atoms with Gasteiger partial charge in [0.05, 0.1) is 5.92 Å². The smallest absolute Gasteiger partial charge is 0.199 e. The third-order valence-corrected chi connectivity index (χ3v) is 9.61. The second kappa shape index (κ2) is 16.5. The molecule has 0 heterocycles. The second-order valence-corrected chi connectivity index (χ2v) is 14.2. The van der Waals surface area contributed by atoms with Gasteiger partial charge in [-0.3, -0.25) is 0 Å². The zero-order valence-electron chi connectivity index (χ0n) is 28.6. The first-order valence-electron chi connectivity index (χ1n) is 15.2. The maximum Gasteiger partial charge on any atom is 0.460 e. The molecule has 1 unspecified atom stereocenters. The number of hydrogen-bond acceptors (Lipinski definition) is 0. The molecule has 0 aliphatic carbocycles. The topological polar surface area (TPSA) is 0 Å². The Morgan fingerprint density at radius 3 is 0.742 bits per heavy atom. The molecule has 0 amide bonds. The zero-order valence-corrected chi connectivity index (χ0v) is 30.1. The first-order chi connectivity index (χ1) is 26.4. The standard InChI is InChI=1S/C26H18Cl2F34/c1-2-3-4-5-6-7-8-9(11(29,30)13(33,34)15(37,38)17(41,42)19(45,46)21(49,50)23(53,54)25(57,58)59)10(27,28)12(31,32)14(35,36)16(39,40)18(43,44)20(47,48)22(51,52)24(55,56)26(60,61)62/h9H,2-8H2,1H3. The Morgan fingerprint density at radius 1 is 0.274 bits per heavy atom. The Morgan fingerprint density at radius 2 is 0.484 bits per heavy atom. The highest BCUT2D eigenvalue weighted by Crippen LogP contribution is 2.70. The van der Waals surface area contributed by atoms with Crippen molar-refractivity contribution in [2.45, 2.75) is 151 Å². The first kappa shape index (κ1) is 60.2. The Hall–Kier alpha value is -1.80. The number of unbranched alkanes of at least 4 members (excludes halogenated alkanes) is 5. The van der Waals surface area contributed by atoms with Crippen molar-refractivity contribution >= 4 is 23.2 Å². The van der Waals surface area contributed by atoms with Crippen molar-refractivity contribution in [3.05, 3.63) is 0 Å². The van der Waals surface area contributed by atoms with E-state index in [-0.39, 0.29) is 19.3 Å². The van der Waals surface area contributed by atoms with Gasteiger partial charge >= 0.3 is 95.3 Å². The van der Waals surface area contributed by atoms with Crippen LogP contribution in [-0.2, 0) is 0 Å². The maximum atomic E-state index is 15.3. The lowest BCUT2D eigenvalue weighted by molar-refractivity contribution is -0.467. The van der Waals surface area contributed by atoms with Crippen molar-refractivity contribution in [2.24, 2.45) is 5.92 Å². The lowest BCUT2D eigenvalue weighted by atomic mass is 9.78. The van der Waals surface area contributed by atoms with E-state index >= 15 is 17.6 Å². The molecule has 0 aromatic heterocycles. The van der Waals surface area contributed by atoms with Gasteiger partial charge in [-0.2, -0.15) is 149 Å². The van der Waals surface area contributed by atoms with Crippen LogP contribution in [0, 0.1) is 5.92 Å². The zero-order chi connectivity index (χ0) is 51.0. The Bertz CT molecular complexity index is 1520. The van der Waals surface area contributed by atoms with E-state index in [9.17, 15) is 132 Å². The van der Waals surface area contributed by atoms with Crippen molar-refractivity contribution < 1.29 is 149 Å². The van der Waals surface area contributed by atoms with Crippen LogP contribution in [0.25, 0.3) is 0 Å². The van der Waals surface area contributed by atoms with Gasteiger partial charge in [0.2, 0.25) is 0 Å². The fraction of sp³-hybridized carbons (Fsp3) is 1.00. The molecule has 0 spiro atoms. The highest BCUT2D eigenvalue weighted by molar-refractivity contribution is 6.49. The third-order valence-electron chi connectivity index (χ3n) is 8.61. The molecular formula is C26H18Cl2F34. The van der Waals surface area contributed by atoms with E-state index in [2.05, 4.69) is 23.2 Å². The maximum absolute atomic E-state index is 15.3. The van der Waals surface area contributed by atoms with Gasteiger partial charge in [0.25, 0.3) is 0 Å². The van der Waals surface area contributed by atoms with Gasteiger partial charge in [-0.25, -0.2) is 0 Å². The van der Waals surface area contributed by atoms with E-state index < -0.39 is 131 Å². The molecule has 1 atom stereocenters. The fourth-order valence-electron chi connectivity index (χ4n) is 4.71. The van der Waals surface area contributed by atoms with Crippen molar-refractivity contribution in [3.63, 3.8) is 0 Å². The summed E-state index contributed by atoms with van der Waals surface area (Å²) in [7, 11) is 0. The minimum atomic E-state index is -9.60. The van der Waals surface area contributed by atoms with Crippen LogP contribution in [-0.4, -0.2) is 99.6 Å². The third kappa shape index (κ3) is 8.11. The van der Waals surface area contributed by atoms with Gasteiger partial charge in [-0.15, -0.1) is 0 Å². The molecule has 0 N–H and O–H groups in total. The van der Waals surface area contributed by atoms with Crippen LogP contribution in [0.4, 0.5) is 149 Å². The summed E-state index contributed by atoms with van der Waals surface area (Å²) in [5.41, 5.74) is 0. The lowest BCUT2D eigenvalue weighted by Crippen LogP contribution is -2.77. The molecule has 0 saturated carbocycles. The van der Waals surface area contributed by atoms with E-state index in [0.29, 0.717) is 0 Å². The highest BCUT2D eigenvalue weighted by Gasteiger charge is 2.99. The summed E-state index contributed by atoms with van der Waals surface area (Å²) in [4.78, 5) is 0. The minimum absolute atomic E-state index is 0.00626. The molecule has 0 fully saturated rings. The van der Waals surface area contributed by atoms with E-state index in [1.54, 1.807) is 0 Å². The van der Waals surface area contributed by atoms with Gasteiger partial charge in [0.1, 0.15) is 0 Å². The van der Waals surface area contributed by atoms with Gasteiger partial charge in [-0.1, -0.05) is 68.7 Å². The Balaban J connectivity index is 8.17. The summed E-state index contributed by atoms with van der Waals surface area (Å²) >= 11 is 8.75. The van der Waals surface area contributed by atoms with Crippen LogP contribution in [0.5, 0.6) is 0 Å². The molecule has 0 nitrogen and oxygen atoms in total. The average molecular weight is 1050 g/mol. The van der Waals surface area contributed by atoms with Crippen LogP contribution in [0.1, 0.15) is 51.9 Å². The Kier molecular flexibility index (Phi) is 16.0. The number of hydrogen-bond donors (Lipinski definition) is 0. The van der Waals surface area contributed by atoms with E-state index in [4.69, 9.17) is 0 Å². The highest BCUT2D eigenvalue weighted by atomic mass is 35.5. The van der Waals surface area contributed by atoms with E-state index in [1.807, 2.05) is 0 Å². The summed E-state index contributed by atoms with van der Waals surface area (Å²) in [6, 6.07) is 0. The van der Waals surface area contributed by atoms with Crippen molar-refractivity contribution in [1.82, 2.24) is 0 Å². The number of halogens is 36.